The van der Waals surface area contributed by atoms with Gasteiger partial charge in [-0.05, 0) is 87.5 Å². The first-order chi connectivity index (χ1) is 14.3. The molecule has 0 N–H and O–H groups in total. The summed E-state index contributed by atoms with van der Waals surface area (Å²) in [5.74, 6) is 1.39. The third kappa shape index (κ3) is 5.21. The van der Waals surface area contributed by atoms with Crippen molar-refractivity contribution in [3.63, 3.8) is 0 Å². The van der Waals surface area contributed by atoms with Gasteiger partial charge in [0.25, 0.3) is 5.56 Å². The minimum atomic E-state index is -0.184. The molecule has 1 aromatic heterocycles. The van der Waals surface area contributed by atoms with Gasteiger partial charge in [-0.1, -0.05) is 29.8 Å². The Hall–Kier alpha value is -1.51. The van der Waals surface area contributed by atoms with E-state index in [0.717, 1.165) is 37.6 Å². The maximum absolute atomic E-state index is 13.1. The van der Waals surface area contributed by atoms with Crippen LogP contribution in [0.2, 0.25) is 0 Å². The summed E-state index contributed by atoms with van der Waals surface area (Å²) < 4.78 is 9.83. The van der Waals surface area contributed by atoms with E-state index in [1.54, 1.807) is 12.3 Å². The number of ether oxygens (including phenoxy) is 1. The van der Waals surface area contributed by atoms with E-state index in [0.29, 0.717) is 23.1 Å². The van der Waals surface area contributed by atoms with Crippen molar-refractivity contribution in [2.24, 2.45) is 5.10 Å². The number of aromatic nitrogens is 2. The van der Waals surface area contributed by atoms with Gasteiger partial charge in [0.1, 0.15) is 11.6 Å². The fourth-order valence-electron chi connectivity index (χ4n) is 2.87. The van der Waals surface area contributed by atoms with E-state index in [1.807, 2.05) is 31.2 Å². The van der Waals surface area contributed by atoms with Crippen LogP contribution in [-0.4, -0.2) is 22.0 Å². The van der Waals surface area contributed by atoms with Gasteiger partial charge in [-0.25, -0.2) is 4.98 Å². The summed E-state index contributed by atoms with van der Waals surface area (Å²) in [5, 5.41) is 5.01. The molecule has 30 heavy (non-hydrogen) atoms. The summed E-state index contributed by atoms with van der Waals surface area (Å²) in [7, 11) is 0. The number of benzene rings is 2. The molecular weight excluding hydrogens is 578 g/mol. The average Bonchev–Trinajstić information content (AvgIpc) is 2.71. The molecule has 0 aliphatic heterocycles. The van der Waals surface area contributed by atoms with Gasteiger partial charge in [0.2, 0.25) is 0 Å². The van der Waals surface area contributed by atoms with Crippen molar-refractivity contribution in [2.75, 3.05) is 0 Å². The minimum absolute atomic E-state index is 0.107. The maximum Gasteiger partial charge on any atom is 0.282 e. The first-order valence-corrected chi connectivity index (χ1v) is 12.1. The first-order valence-electron chi connectivity index (χ1n) is 9.75. The van der Waals surface area contributed by atoms with Crippen LogP contribution >= 0.6 is 47.8 Å². The lowest BCUT2D eigenvalue weighted by molar-refractivity contribution is 0.214. The first kappa shape index (κ1) is 23.2. The second kappa shape index (κ2) is 10.2. The Bertz CT molecular complexity index is 1140. The smallest absolute Gasteiger partial charge is 0.282 e. The molecule has 0 spiro atoms. The van der Waals surface area contributed by atoms with E-state index < -0.39 is 0 Å². The van der Waals surface area contributed by atoms with Crippen molar-refractivity contribution >= 4 is 64.9 Å². The number of rotatable bonds is 7. The highest BCUT2D eigenvalue weighted by Gasteiger charge is 2.13. The molecule has 3 rings (SSSR count). The van der Waals surface area contributed by atoms with E-state index >= 15 is 0 Å². The van der Waals surface area contributed by atoms with Crippen molar-refractivity contribution in [1.29, 1.82) is 0 Å². The van der Waals surface area contributed by atoms with Crippen LogP contribution in [0.15, 0.2) is 53.6 Å². The molecule has 0 aliphatic rings. The summed E-state index contributed by atoms with van der Waals surface area (Å²) in [6, 6.07) is 9.35. The van der Waals surface area contributed by atoms with Crippen LogP contribution in [0, 0.1) is 0 Å². The summed E-state index contributed by atoms with van der Waals surface area (Å²) in [6.45, 7) is 6.16. The maximum atomic E-state index is 13.1. The van der Waals surface area contributed by atoms with Crippen LogP contribution < -0.4 is 10.3 Å². The minimum Gasteiger partial charge on any atom is -0.488 e. The third-order valence-corrected chi connectivity index (χ3v) is 6.26. The van der Waals surface area contributed by atoms with E-state index in [9.17, 15) is 4.79 Å². The lowest BCUT2D eigenvalue weighted by atomic mass is 10.2. The second-order valence-electron chi connectivity index (χ2n) is 6.95. The Morgan fingerprint density at radius 2 is 1.87 bits per heavy atom. The van der Waals surface area contributed by atoms with Crippen molar-refractivity contribution < 1.29 is 4.74 Å². The third-order valence-electron chi connectivity index (χ3n) is 4.59. The largest absolute Gasteiger partial charge is 0.488 e. The van der Waals surface area contributed by atoms with Gasteiger partial charge in [-0.3, -0.25) is 4.79 Å². The Morgan fingerprint density at radius 1 is 1.17 bits per heavy atom. The number of fused-ring (bicyclic) bond motifs is 1. The summed E-state index contributed by atoms with van der Waals surface area (Å²) in [6.07, 6.45) is 4.21. The number of halogens is 3. The van der Waals surface area contributed by atoms with Crippen LogP contribution in [0.5, 0.6) is 5.75 Å². The lowest BCUT2D eigenvalue weighted by Gasteiger charge is -2.16. The highest BCUT2D eigenvalue weighted by molar-refractivity contribution is 9.11. The number of hydrogen-bond donors (Lipinski definition) is 0. The van der Waals surface area contributed by atoms with Gasteiger partial charge in [0, 0.05) is 10.9 Å². The van der Waals surface area contributed by atoms with Crippen molar-refractivity contribution in [3.8, 4) is 5.75 Å². The lowest BCUT2D eigenvalue weighted by Crippen LogP contribution is -2.22. The van der Waals surface area contributed by atoms with E-state index in [4.69, 9.17) is 4.74 Å². The number of aryl methyl sites for hydroxylation is 1. The Labute approximate surface area is 200 Å². The highest BCUT2D eigenvalue weighted by atomic mass is 79.9. The fraction of sp³-hybridized carbons (Fsp3) is 0.318. The van der Waals surface area contributed by atoms with Crippen molar-refractivity contribution in [2.45, 2.75) is 46.1 Å². The normalized spacial score (nSPS) is 12.6. The van der Waals surface area contributed by atoms with Crippen LogP contribution in [0.3, 0.4) is 0 Å². The predicted molar refractivity (Wildman–Crippen MR) is 133 cm³/mol. The van der Waals surface area contributed by atoms with E-state index in [1.165, 1.54) is 4.68 Å². The summed E-state index contributed by atoms with van der Waals surface area (Å²) in [5.41, 5.74) is 1.32. The van der Waals surface area contributed by atoms with Crippen LogP contribution in [0.25, 0.3) is 10.9 Å². The van der Waals surface area contributed by atoms with Crippen molar-refractivity contribution in [1.82, 2.24) is 9.66 Å². The standard InChI is InChI=1S/C22H22Br3N3O2/c1-4-6-20-27-19-8-7-15(23)11-16(19)22(29)28(20)26-12-14-9-17(24)21(18(25)10-14)30-13(3)5-2/h7-13H,4-6H2,1-3H3/t13-/m0/s1. The molecular formula is C22H22Br3N3O2. The molecule has 0 amide bonds. The quantitative estimate of drug-likeness (QED) is 0.284. The fourth-order valence-corrected chi connectivity index (χ4v) is 4.64. The molecule has 0 saturated heterocycles. The van der Waals surface area contributed by atoms with Crippen LogP contribution in [0.1, 0.15) is 45.0 Å². The molecule has 0 aliphatic carbocycles. The molecule has 3 aromatic rings. The molecule has 0 bridgehead atoms. The zero-order chi connectivity index (χ0) is 21.8. The monoisotopic (exact) mass is 597 g/mol. The molecule has 0 radical (unpaired) electrons. The molecule has 8 heteroatoms. The summed E-state index contributed by atoms with van der Waals surface area (Å²) >= 11 is 10.6. The topological polar surface area (TPSA) is 56.5 Å². The van der Waals surface area contributed by atoms with Gasteiger partial charge in [-0.2, -0.15) is 9.78 Å². The SMILES string of the molecule is CCCc1nc2ccc(Br)cc2c(=O)n1N=Cc1cc(Br)c(O[C@@H](C)CC)c(Br)c1. The number of hydrogen-bond acceptors (Lipinski definition) is 4. The molecule has 1 atom stereocenters. The molecule has 158 valence electrons. The van der Waals surface area contributed by atoms with Crippen LogP contribution in [0.4, 0.5) is 0 Å². The Kier molecular flexibility index (Phi) is 7.87. The van der Waals surface area contributed by atoms with Gasteiger partial charge in [-0.15, -0.1) is 0 Å². The van der Waals surface area contributed by atoms with Gasteiger partial charge in [0.05, 0.1) is 32.2 Å². The zero-order valence-corrected chi connectivity index (χ0v) is 21.7. The van der Waals surface area contributed by atoms with Crippen LogP contribution in [-0.2, 0) is 6.42 Å². The van der Waals surface area contributed by atoms with Gasteiger partial charge >= 0.3 is 0 Å². The van der Waals surface area contributed by atoms with E-state index in [-0.39, 0.29) is 11.7 Å². The summed E-state index contributed by atoms with van der Waals surface area (Å²) in [4.78, 5) is 17.8. The van der Waals surface area contributed by atoms with Gasteiger partial charge < -0.3 is 4.74 Å². The Morgan fingerprint density at radius 3 is 2.50 bits per heavy atom. The molecule has 0 unspecified atom stereocenters. The van der Waals surface area contributed by atoms with E-state index in [2.05, 4.69) is 71.7 Å². The zero-order valence-electron chi connectivity index (χ0n) is 17.0. The molecule has 1 heterocycles. The van der Waals surface area contributed by atoms with Crippen molar-refractivity contribution in [3.05, 3.63) is 65.5 Å². The average molecular weight is 600 g/mol. The molecule has 0 fully saturated rings. The second-order valence-corrected chi connectivity index (χ2v) is 9.58. The van der Waals surface area contributed by atoms with Gasteiger partial charge in [0.15, 0.2) is 0 Å². The number of nitrogens with zero attached hydrogens (tertiary/aromatic N) is 3. The molecule has 5 nitrogen and oxygen atoms in total. The highest BCUT2D eigenvalue weighted by Crippen LogP contribution is 2.35. The molecule has 2 aromatic carbocycles. The predicted octanol–water partition coefficient (Wildman–Crippen LogP) is 6.70. The molecule has 0 saturated carbocycles. The Balaban J connectivity index is 2.04.